The van der Waals surface area contributed by atoms with E-state index in [2.05, 4.69) is 20.0 Å². The molecule has 2 aromatic rings. The number of allylic oxidation sites excluding steroid dienone is 1. The first-order chi connectivity index (χ1) is 10.7. The van der Waals surface area contributed by atoms with E-state index >= 15 is 0 Å². The molecule has 2 aromatic heterocycles. The van der Waals surface area contributed by atoms with Crippen LogP contribution in [0.15, 0.2) is 46.8 Å². The fourth-order valence-electron chi connectivity index (χ4n) is 1.86. The van der Waals surface area contributed by atoms with Crippen LogP contribution in [0.1, 0.15) is 18.1 Å². The lowest BCUT2D eigenvalue weighted by atomic mass is 10.1. The largest absolute Gasteiger partial charge is 0.366 e. The number of rotatable bonds is 6. The van der Waals surface area contributed by atoms with Gasteiger partial charge >= 0.3 is 0 Å². The number of hydrogen-bond acceptors (Lipinski definition) is 4. The molecule has 112 valence electrons. The van der Waals surface area contributed by atoms with E-state index in [9.17, 15) is 4.79 Å². The Kier molecular flexibility index (Phi) is 5.37. The Bertz CT molecular complexity index is 768. The Morgan fingerprint density at radius 2 is 2.36 bits per heavy atom. The molecule has 2 heterocycles. The maximum absolute atomic E-state index is 10.8. The Hall–Kier alpha value is -3.02. The summed E-state index contributed by atoms with van der Waals surface area (Å²) in [5, 5.41) is 0.927. The van der Waals surface area contributed by atoms with Crippen LogP contribution in [0.2, 0.25) is 0 Å². The van der Waals surface area contributed by atoms with Gasteiger partial charge in [-0.2, -0.15) is 0 Å². The van der Waals surface area contributed by atoms with E-state index in [1.54, 1.807) is 43.2 Å². The highest BCUT2D eigenvalue weighted by molar-refractivity contribution is 5.94. The van der Waals surface area contributed by atoms with Gasteiger partial charge in [-0.25, -0.2) is 4.98 Å². The number of aromatic nitrogens is 2. The van der Waals surface area contributed by atoms with Crippen molar-refractivity contribution in [2.24, 2.45) is 15.7 Å². The van der Waals surface area contributed by atoms with Gasteiger partial charge in [0.25, 0.3) is 0 Å². The van der Waals surface area contributed by atoms with Crippen LogP contribution in [0, 0.1) is 0 Å². The van der Waals surface area contributed by atoms with Gasteiger partial charge in [0.15, 0.2) is 0 Å². The minimum absolute atomic E-state index is 0.482. The number of H-pyrrole nitrogens is 1. The Balaban J connectivity index is 2.15. The second-order valence-corrected chi connectivity index (χ2v) is 4.46. The van der Waals surface area contributed by atoms with Crippen LogP contribution in [0.4, 0.5) is 0 Å². The van der Waals surface area contributed by atoms with Crippen molar-refractivity contribution in [3.63, 3.8) is 0 Å². The Labute approximate surface area is 128 Å². The van der Waals surface area contributed by atoms with Crippen molar-refractivity contribution in [2.45, 2.75) is 13.5 Å². The number of nitrogens with one attached hydrogen (secondary N) is 1. The molecule has 0 spiro atoms. The molecule has 0 fully saturated rings. The minimum Gasteiger partial charge on any atom is -0.366 e. The number of carbonyl (C=O) groups excluding carboxylic acids is 1. The molecule has 0 unspecified atom stereocenters. The van der Waals surface area contributed by atoms with Crippen molar-refractivity contribution in [1.82, 2.24) is 9.97 Å². The van der Waals surface area contributed by atoms with Gasteiger partial charge in [-0.05, 0) is 30.7 Å². The molecule has 2 rings (SSSR count). The number of fused-ring (bicyclic) bond motifs is 1. The van der Waals surface area contributed by atoms with Crippen molar-refractivity contribution in [3.05, 3.63) is 47.9 Å². The van der Waals surface area contributed by atoms with Gasteiger partial charge in [0.1, 0.15) is 5.65 Å². The van der Waals surface area contributed by atoms with Gasteiger partial charge in [-0.3, -0.25) is 14.8 Å². The highest BCUT2D eigenvalue weighted by Crippen LogP contribution is 2.19. The summed E-state index contributed by atoms with van der Waals surface area (Å²) in [7, 11) is 0. The zero-order valence-electron chi connectivity index (χ0n) is 12.2. The van der Waals surface area contributed by atoms with Gasteiger partial charge in [-0.15, -0.1) is 0 Å². The van der Waals surface area contributed by atoms with E-state index in [0.717, 1.165) is 22.2 Å². The first-order valence-electron chi connectivity index (χ1n) is 6.77. The number of nitrogens with two attached hydrogens (primary N) is 1. The predicted octanol–water partition coefficient (Wildman–Crippen LogP) is 2.24. The zero-order chi connectivity index (χ0) is 15.8. The van der Waals surface area contributed by atoms with Gasteiger partial charge < -0.3 is 10.7 Å². The molecule has 0 aliphatic heterocycles. The molecule has 6 heteroatoms. The summed E-state index contributed by atoms with van der Waals surface area (Å²) in [5.41, 5.74) is 7.71. The van der Waals surface area contributed by atoms with Crippen LogP contribution >= 0.6 is 0 Å². The second kappa shape index (κ2) is 7.68. The Morgan fingerprint density at radius 3 is 3.14 bits per heavy atom. The van der Waals surface area contributed by atoms with E-state index in [1.807, 2.05) is 13.0 Å². The smallest absolute Gasteiger partial charge is 0.241 e. The average molecular weight is 295 g/mol. The Morgan fingerprint density at radius 1 is 1.50 bits per heavy atom. The van der Waals surface area contributed by atoms with E-state index < -0.39 is 5.91 Å². The fourth-order valence-corrected chi connectivity index (χ4v) is 1.86. The SMILES string of the molecule is CC=N/C=C\C=NCc1cnc2[nH]cc(/C=C/C(N)=O)c2c1. The lowest BCUT2D eigenvalue weighted by Gasteiger charge is -1.97. The predicted molar refractivity (Wildman–Crippen MR) is 89.8 cm³/mol. The molecule has 0 atom stereocenters. The van der Waals surface area contributed by atoms with E-state index in [0.29, 0.717) is 6.54 Å². The monoisotopic (exact) mass is 295 g/mol. The van der Waals surface area contributed by atoms with Crippen LogP contribution in [0.3, 0.4) is 0 Å². The van der Waals surface area contributed by atoms with Gasteiger partial charge in [0, 0.05) is 48.0 Å². The third-order valence-electron chi connectivity index (χ3n) is 2.83. The number of pyridine rings is 1. The number of hydrogen-bond donors (Lipinski definition) is 2. The zero-order valence-corrected chi connectivity index (χ0v) is 12.2. The van der Waals surface area contributed by atoms with Crippen LogP contribution < -0.4 is 5.73 Å². The summed E-state index contributed by atoms with van der Waals surface area (Å²) in [5.74, 6) is -0.482. The highest BCUT2D eigenvalue weighted by atomic mass is 16.1. The van der Waals surface area contributed by atoms with Crippen molar-refractivity contribution in [2.75, 3.05) is 0 Å². The summed E-state index contributed by atoms with van der Waals surface area (Å²) >= 11 is 0. The standard InChI is InChI=1S/C16H17N5O/c1-2-18-6-3-7-19-9-12-8-14-13(4-5-15(17)22)11-21-16(14)20-10-12/h2-8,10-11H,9H2,1H3,(H2,17,22)(H,20,21)/b5-4+,6-3-,18-2?,19-7?. The fraction of sp³-hybridized carbons (Fsp3) is 0.125. The number of amides is 1. The van der Waals surface area contributed by atoms with Crippen molar-refractivity contribution in [3.8, 4) is 0 Å². The molecule has 1 amide bonds. The van der Waals surface area contributed by atoms with Crippen molar-refractivity contribution in [1.29, 1.82) is 0 Å². The average Bonchev–Trinajstić information content (AvgIpc) is 2.91. The first kappa shape index (κ1) is 15.4. The number of aliphatic imine (C=N–C) groups is 2. The molecule has 0 aliphatic rings. The lowest BCUT2D eigenvalue weighted by Crippen LogP contribution is -2.04. The normalized spacial score (nSPS) is 12.6. The molecule has 0 aromatic carbocycles. The van der Waals surface area contributed by atoms with Crippen LogP contribution in [-0.4, -0.2) is 28.3 Å². The summed E-state index contributed by atoms with van der Waals surface area (Å²) in [6.07, 6.45) is 13.4. The molecule has 6 nitrogen and oxygen atoms in total. The van der Waals surface area contributed by atoms with Crippen molar-refractivity contribution < 1.29 is 4.79 Å². The second-order valence-electron chi connectivity index (χ2n) is 4.46. The summed E-state index contributed by atoms with van der Waals surface area (Å²) in [6, 6.07) is 1.99. The number of aromatic amines is 1. The summed E-state index contributed by atoms with van der Waals surface area (Å²) in [6.45, 7) is 2.37. The molecule has 22 heavy (non-hydrogen) atoms. The van der Waals surface area contributed by atoms with E-state index in [1.165, 1.54) is 6.08 Å². The van der Waals surface area contributed by atoms with Crippen LogP contribution in [0.25, 0.3) is 17.1 Å². The van der Waals surface area contributed by atoms with E-state index in [4.69, 9.17) is 5.73 Å². The molecule has 0 saturated carbocycles. The van der Waals surface area contributed by atoms with Gasteiger partial charge in [0.2, 0.25) is 5.91 Å². The molecule has 0 aliphatic carbocycles. The van der Waals surface area contributed by atoms with E-state index in [-0.39, 0.29) is 0 Å². The summed E-state index contributed by atoms with van der Waals surface area (Å²) < 4.78 is 0. The molecule has 0 radical (unpaired) electrons. The molecular formula is C16H17N5O. The lowest BCUT2D eigenvalue weighted by molar-refractivity contribution is -0.113. The molecule has 0 bridgehead atoms. The summed E-state index contributed by atoms with van der Waals surface area (Å²) in [4.78, 5) is 26.4. The molecule has 3 N–H and O–H groups in total. The van der Waals surface area contributed by atoms with Gasteiger partial charge in [-0.1, -0.05) is 0 Å². The molecular weight excluding hydrogens is 278 g/mol. The van der Waals surface area contributed by atoms with Crippen LogP contribution in [0.5, 0.6) is 0 Å². The quantitative estimate of drug-likeness (QED) is 0.631. The third-order valence-corrected chi connectivity index (χ3v) is 2.83. The number of nitrogens with zero attached hydrogens (tertiary/aromatic N) is 3. The third kappa shape index (κ3) is 4.24. The highest BCUT2D eigenvalue weighted by Gasteiger charge is 2.03. The number of primary amides is 1. The van der Waals surface area contributed by atoms with Gasteiger partial charge in [0.05, 0.1) is 6.54 Å². The maximum Gasteiger partial charge on any atom is 0.241 e. The first-order valence-corrected chi connectivity index (χ1v) is 6.77. The van der Waals surface area contributed by atoms with Crippen molar-refractivity contribution >= 4 is 35.4 Å². The number of carbonyl (C=O) groups is 1. The molecule has 0 saturated heterocycles. The maximum atomic E-state index is 10.8. The topological polar surface area (TPSA) is 96.5 Å². The van der Waals surface area contributed by atoms with Crippen LogP contribution in [-0.2, 0) is 11.3 Å². The minimum atomic E-state index is -0.482.